The molecule has 0 heterocycles. The molecule has 0 bridgehead atoms. The largest absolute Gasteiger partial charge is 0.301 e. The molecule has 0 aromatic heterocycles. The van der Waals surface area contributed by atoms with Crippen molar-refractivity contribution in [2.75, 3.05) is 13.1 Å². The second kappa shape index (κ2) is 9.83. The highest BCUT2D eigenvalue weighted by Gasteiger charge is 2.10. The molecule has 0 amide bonds. The summed E-state index contributed by atoms with van der Waals surface area (Å²) in [6.45, 7) is 10.8. The van der Waals surface area contributed by atoms with E-state index in [0.717, 1.165) is 25.8 Å². The predicted octanol–water partition coefficient (Wildman–Crippen LogP) is 3.65. The molecule has 2 heteroatoms. The van der Waals surface area contributed by atoms with Crippen LogP contribution in [0.2, 0.25) is 0 Å². The molecule has 16 heavy (non-hydrogen) atoms. The van der Waals surface area contributed by atoms with Crippen molar-refractivity contribution in [1.29, 1.82) is 0 Å². The van der Waals surface area contributed by atoms with E-state index >= 15 is 0 Å². The van der Waals surface area contributed by atoms with Crippen molar-refractivity contribution < 1.29 is 4.79 Å². The van der Waals surface area contributed by atoms with Crippen molar-refractivity contribution in [3.05, 3.63) is 0 Å². The van der Waals surface area contributed by atoms with Crippen LogP contribution in [0.25, 0.3) is 0 Å². The fourth-order valence-corrected chi connectivity index (χ4v) is 1.86. The van der Waals surface area contributed by atoms with Gasteiger partial charge in [-0.2, -0.15) is 0 Å². The molecule has 0 fully saturated rings. The third-order valence-electron chi connectivity index (χ3n) is 3.24. The zero-order valence-electron chi connectivity index (χ0n) is 11.6. The summed E-state index contributed by atoms with van der Waals surface area (Å²) in [5.74, 6) is 0.323. The summed E-state index contributed by atoms with van der Waals surface area (Å²) < 4.78 is 0. The van der Waals surface area contributed by atoms with E-state index in [1.807, 2.05) is 0 Å². The van der Waals surface area contributed by atoms with E-state index in [-0.39, 0.29) is 0 Å². The van der Waals surface area contributed by atoms with Crippen LogP contribution in [0.15, 0.2) is 0 Å². The van der Waals surface area contributed by atoms with Gasteiger partial charge in [0, 0.05) is 12.5 Å². The minimum atomic E-state index is 0.323. The average Bonchev–Trinajstić information content (AvgIpc) is 2.26. The van der Waals surface area contributed by atoms with Crippen LogP contribution in [0.5, 0.6) is 0 Å². The summed E-state index contributed by atoms with van der Waals surface area (Å²) in [5.41, 5.74) is 0. The summed E-state index contributed by atoms with van der Waals surface area (Å²) in [6, 6.07) is 0.684. The number of Topliss-reactive ketones (excluding diaryl/α,β-unsaturated/α-hetero) is 1. The summed E-state index contributed by atoms with van der Waals surface area (Å²) in [4.78, 5) is 13.4. The van der Waals surface area contributed by atoms with Gasteiger partial charge in [0.25, 0.3) is 0 Å². The van der Waals surface area contributed by atoms with Crippen LogP contribution in [-0.2, 0) is 4.79 Å². The topological polar surface area (TPSA) is 20.3 Å². The van der Waals surface area contributed by atoms with Crippen LogP contribution in [0.3, 0.4) is 0 Å². The molecule has 0 saturated carbocycles. The standard InChI is InChI=1S/C14H29NO/c1-5-7-11-15(13(3)6-2)12-9-8-10-14(4)16/h13H,5-12H2,1-4H3. The number of nitrogens with zero attached hydrogens (tertiary/aromatic N) is 1. The van der Waals surface area contributed by atoms with Gasteiger partial charge in [0.15, 0.2) is 0 Å². The minimum Gasteiger partial charge on any atom is -0.301 e. The Morgan fingerprint density at radius 3 is 2.25 bits per heavy atom. The smallest absolute Gasteiger partial charge is 0.129 e. The van der Waals surface area contributed by atoms with Crippen LogP contribution in [0.1, 0.15) is 66.2 Å². The normalized spacial score (nSPS) is 13.1. The third-order valence-corrected chi connectivity index (χ3v) is 3.24. The fraction of sp³-hybridized carbons (Fsp3) is 0.929. The Hall–Kier alpha value is -0.370. The molecule has 96 valence electrons. The summed E-state index contributed by atoms with van der Waals surface area (Å²) in [5, 5.41) is 0. The van der Waals surface area contributed by atoms with E-state index in [1.165, 1.54) is 25.8 Å². The minimum absolute atomic E-state index is 0.323. The van der Waals surface area contributed by atoms with Crippen molar-refractivity contribution in [1.82, 2.24) is 4.90 Å². The van der Waals surface area contributed by atoms with Gasteiger partial charge in [0.1, 0.15) is 5.78 Å². The number of hydrogen-bond donors (Lipinski definition) is 0. The Balaban J connectivity index is 3.77. The lowest BCUT2D eigenvalue weighted by atomic mass is 10.1. The molecule has 0 N–H and O–H groups in total. The Labute approximate surface area is 101 Å². The number of unbranched alkanes of at least 4 members (excludes halogenated alkanes) is 2. The Bertz CT molecular complexity index is 180. The average molecular weight is 227 g/mol. The van der Waals surface area contributed by atoms with Crippen molar-refractivity contribution in [2.24, 2.45) is 0 Å². The van der Waals surface area contributed by atoms with E-state index in [0.29, 0.717) is 11.8 Å². The second-order valence-electron chi connectivity index (χ2n) is 4.81. The molecule has 0 rings (SSSR count). The molecule has 0 aromatic carbocycles. The molecule has 0 aliphatic rings. The second-order valence-corrected chi connectivity index (χ2v) is 4.81. The molecule has 0 aromatic rings. The highest BCUT2D eigenvalue weighted by atomic mass is 16.1. The zero-order valence-corrected chi connectivity index (χ0v) is 11.6. The fourth-order valence-electron chi connectivity index (χ4n) is 1.86. The first kappa shape index (κ1) is 15.6. The molecular formula is C14H29NO. The number of carbonyl (C=O) groups is 1. The van der Waals surface area contributed by atoms with Gasteiger partial charge in [-0.15, -0.1) is 0 Å². The van der Waals surface area contributed by atoms with Gasteiger partial charge in [-0.3, -0.25) is 0 Å². The van der Waals surface area contributed by atoms with Crippen LogP contribution in [-0.4, -0.2) is 29.8 Å². The van der Waals surface area contributed by atoms with Crippen LogP contribution < -0.4 is 0 Å². The molecule has 0 saturated heterocycles. The van der Waals surface area contributed by atoms with Crippen LogP contribution >= 0.6 is 0 Å². The monoisotopic (exact) mass is 227 g/mol. The van der Waals surface area contributed by atoms with Gasteiger partial charge in [-0.25, -0.2) is 0 Å². The van der Waals surface area contributed by atoms with Crippen molar-refractivity contribution in [2.45, 2.75) is 72.3 Å². The maximum Gasteiger partial charge on any atom is 0.129 e. The van der Waals surface area contributed by atoms with Gasteiger partial charge in [-0.1, -0.05) is 20.3 Å². The molecule has 1 unspecified atom stereocenters. The van der Waals surface area contributed by atoms with Crippen LogP contribution in [0, 0.1) is 0 Å². The maximum absolute atomic E-state index is 10.8. The van der Waals surface area contributed by atoms with E-state index in [9.17, 15) is 4.79 Å². The van der Waals surface area contributed by atoms with E-state index in [1.54, 1.807) is 6.92 Å². The molecule has 2 nitrogen and oxygen atoms in total. The van der Waals surface area contributed by atoms with Crippen molar-refractivity contribution in [3.63, 3.8) is 0 Å². The van der Waals surface area contributed by atoms with Crippen molar-refractivity contribution >= 4 is 5.78 Å². The molecule has 0 aliphatic carbocycles. The quantitative estimate of drug-likeness (QED) is 0.531. The lowest BCUT2D eigenvalue weighted by Gasteiger charge is -2.28. The molecule has 0 spiro atoms. The zero-order chi connectivity index (χ0) is 12.4. The van der Waals surface area contributed by atoms with Gasteiger partial charge >= 0.3 is 0 Å². The van der Waals surface area contributed by atoms with E-state index in [2.05, 4.69) is 25.7 Å². The van der Waals surface area contributed by atoms with Gasteiger partial charge in [-0.05, 0) is 52.6 Å². The van der Waals surface area contributed by atoms with E-state index in [4.69, 9.17) is 0 Å². The lowest BCUT2D eigenvalue weighted by Crippen LogP contribution is -2.34. The number of hydrogen-bond acceptors (Lipinski definition) is 2. The number of rotatable bonds is 10. The van der Waals surface area contributed by atoms with Crippen molar-refractivity contribution in [3.8, 4) is 0 Å². The maximum atomic E-state index is 10.8. The van der Waals surface area contributed by atoms with Gasteiger partial charge in [0.2, 0.25) is 0 Å². The summed E-state index contributed by atoms with van der Waals surface area (Å²) in [7, 11) is 0. The van der Waals surface area contributed by atoms with E-state index < -0.39 is 0 Å². The molecule has 0 aliphatic heterocycles. The Kier molecular flexibility index (Phi) is 9.60. The molecule has 1 atom stereocenters. The van der Waals surface area contributed by atoms with Gasteiger partial charge < -0.3 is 9.69 Å². The predicted molar refractivity (Wildman–Crippen MR) is 70.8 cm³/mol. The Morgan fingerprint density at radius 1 is 1.12 bits per heavy atom. The van der Waals surface area contributed by atoms with Crippen LogP contribution in [0.4, 0.5) is 0 Å². The number of carbonyl (C=O) groups excluding carboxylic acids is 1. The summed E-state index contributed by atoms with van der Waals surface area (Å²) >= 11 is 0. The highest BCUT2D eigenvalue weighted by molar-refractivity contribution is 5.75. The molecular weight excluding hydrogens is 198 g/mol. The highest BCUT2D eigenvalue weighted by Crippen LogP contribution is 2.08. The first-order valence-electron chi connectivity index (χ1n) is 6.85. The molecule has 0 radical (unpaired) electrons. The van der Waals surface area contributed by atoms with Gasteiger partial charge in [0.05, 0.1) is 0 Å². The number of ketones is 1. The first-order valence-corrected chi connectivity index (χ1v) is 6.85. The third kappa shape index (κ3) is 7.86. The first-order chi connectivity index (χ1) is 7.61. The SMILES string of the molecule is CCCCN(CCCCC(C)=O)C(C)CC. The Morgan fingerprint density at radius 2 is 1.75 bits per heavy atom. The summed E-state index contributed by atoms with van der Waals surface area (Å²) in [6.07, 6.45) is 6.73. The lowest BCUT2D eigenvalue weighted by molar-refractivity contribution is -0.117.